The first kappa shape index (κ1) is 17.9. The Hall–Kier alpha value is -2.44. The number of likely N-dealkylation sites (tertiary alicyclic amines) is 1. The molecule has 0 radical (unpaired) electrons. The highest BCUT2D eigenvalue weighted by atomic mass is 19.1. The number of hydrogen-bond acceptors (Lipinski definition) is 3. The molecule has 1 fully saturated rings. The molecule has 0 bridgehead atoms. The van der Waals surface area contributed by atoms with Crippen molar-refractivity contribution in [3.05, 3.63) is 35.6 Å². The maximum absolute atomic E-state index is 13.1. The summed E-state index contributed by atoms with van der Waals surface area (Å²) in [6, 6.07) is 5.67. The van der Waals surface area contributed by atoms with Gasteiger partial charge in [-0.05, 0) is 37.5 Å². The van der Waals surface area contributed by atoms with E-state index in [1.54, 1.807) is 6.07 Å². The molecule has 1 saturated heterocycles. The number of aliphatic carboxylic acids is 1. The third-order valence-corrected chi connectivity index (χ3v) is 4.24. The summed E-state index contributed by atoms with van der Waals surface area (Å²) in [6.45, 7) is 1.84. The number of nitrogens with zero attached hydrogens (tertiary/aromatic N) is 1. The summed E-state index contributed by atoms with van der Waals surface area (Å²) in [6.07, 6.45) is 1.16. The van der Waals surface area contributed by atoms with Crippen molar-refractivity contribution >= 4 is 17.8 Å². The zero-order valence-electron chi connectivity index (χ0n) is 13.5. The normalized spacial score (nSPS) is 20.5. The topological polar surface area (TPSA) is 86.7 Å². The van der Waals surface area contributed by atoms with Crippen LogP contribution in [0.15, 0.2) is 24.3 Å². The first-order chi connectivity index (χ1) is 11.4. The molecule has 0 spiro atoms. The van der Waals surface area contributed by atoms with E-state index < -0.39 is 17.7 Å². The molecule has 2 unspecified atom stereocenters. The fourth-order valence-electron chi connectivity index (χ4n) is 2.83. The molecular weight excluding hydrogens is 315 g/mol. The predicted octanol–water partition coefficient (Wildman–Crippen LogP) is 1.20. The van der Waals surface area contributed by atoms with E-state index in [4.69, 9.17) is 5.11 Å². The van der Waals surface area contributed by atoms with Crippen LogP contribution in [0.2, 0.25) is 0 Å². The van der Waals surface area contributed by atoms with Gasteiger partial charge in [0.15, 0.2) is 0 Å². The predicted molar refractivity (Wildman–Crippen MR) is 84.6 cm³/mol. The molecule has 1 heterocycles. The molecular formula is C17H21FN2O4. The lowest BCUT2D eigenvalue weighted by Gasteiger charge is -2.36. The van der Waals surface area contributed by atoms with Crippen LogP contribution in [0.1, 0.15) is 25.3 Å². The van der Waals surface area contributed by atoms with Gasteiger partial charge >= 0.3 is 5.97 Å². The van der Waals surface area contributed by atoms with Crippen molar-refractivity contribution in [1.29, 1.82) is 0 Å². The Morgan fingerprint density at radius 1 is 1.33 bits per heavy atom. The van der Waals surface area contributed by atoms with Gasteiger partial charge in [-0.2, -0.15) is 0 Å². The molecule has 130 valence electrons. The molecule has 0 aromatic heterocycles. The smallest absolute Gasteiger partial charge is 0.308 e. The Balaban J connectivity index is 1.85. The SMILES string of the molecule is CC1CCC(C(=O)O)CN1C(=O)CNC(=O)Cc1cccc(F)c1. The highest BCUT2D eigenvalue weighted by molar-refractivity contribution is 5.86. The van der Waals surface area contributed by atoms with Crippen molar-refractivity contribution in [2.24, 2.45) is 5.92 Å². The van der Waals surface area contributed by atoms with Gasteiger partial charge in [-0.3, -0.25) is 14.4 Å². The molecule has 0 saturated carbocycles. The van der Waals surface area contributed by atoms with Gasteiger partial charge in [-0.1, -0.05) is 12.1 Å². The second-order valence-electron chi connectivity index (χ2n) is 6.09. The van der Waals surface area contributed by atoms with Gasteiger partial charge in [-0.15, -0.1) is 0 Å². The van der Waals surface area contributed by atoms with E-state index in [9.17, 15) is 18.8 Å². The number of carbonyl (C=O) groups excluding carboxylic acids is 2. The lowest BCUT2D eigenvalue weighted by atomic mass is 9.93. The lowest BCUT2D eigenvalue weighted by molar-refractivity contribution is -0.147. The fourth-order valence-corrected chi connectivity index (χ4v) is 2.83. The molecule has 2 amide bonds. The quantitative estimate of drug-likeness (QED) is 0.846. The zero-order chi connectivity index (χ0) is 17.7. The number of rotatable bonds is 5. The van der Waals surface area contributed by atoms with Crippen molar-refractivity contribution in [2.75, 3.05) is 13.1 Å². The van der Waals surface area contributed by atoms with E-state index in [-0.39, 0.29) is 37.4 Å². The monoisotopic (exact) mass is 336 g/mol. The molecule has 2 rings (SSSR count). The Kier molecular flexibility index (Phi) is 5.89. The summed E-state index contributed by atoms with van der Waals surface area (Å²) in [5.74, 6) is -2.57. The van der Waals surface area contributed by atoms with Crippen molar-refractivity contribution in [2.45, 2.75) is 32.2 Å². The Morgan fingerprint density at radius 3 is 2.75 bits per heavy atom. The van der Waals surface area contributed by atoms with E-state index in [2.05, 4.69) is 5.32 Å². The van der Waals surface area contributed by atoms with Crippen LogP contribution in [0.4, 0.5) is 4.39 Å². The maximum atomic E-state index is 13.1. The average Bonchev–Trinajstić information content (AvgIpc) is 2.52. The van der Waals surface area contributed by atoms with Gasteiger partial charge in [-0.25, -0.2) is 4.39 Å². The van der Waals surface area contributed by atoms with E-state index >= 15 is 0 Å². The van der Waals surface area contributed by atoms with Gasteiger partial charge in [0.25, 0.3) is 0 Å². The minimum absolute atomic E-state index is 0.0155. The first-order valence-corrected chi connectivity index (χ1v) is 7.90. The Labute approximate surface area is 139 Å². The highest BCUT2D eigenvalue weighted by Gasteiger charge is 2.32. The number of hydrogen-bond donors (Lipinski definition) is 2. The lowest BCUT2D eigenvalue weighted by Crippen LogP contribution is -2.50. The van der Waals surface area contributed by atoms with Crippen LogP contribution in [0, 0.1) is 11.7 Å². The van der Waals surface area contributed by atoms with Gasteiger partial charge in [0.1, 0.15) is 5.82 Å². The van der Waals surface area contributed by atoms with Crippen LogP contribution in [-0.4, -0.2) is 46.9 Å². The summed E-state index contributed by atoms with van der Waals surface area (Å²) in [4.78, 5) is 36.7. The molecule has 1 aromatic rings. The molecule has 1 aliphatic rings. The van der Waals surface area contributed by atoms with E-state index in [1.807, 2.05) is 6.92 Å². The van der Waals surface area contributed by atoms with Crippen molar-refractivity contribution in [3.63, 3.8) is 0 Å². The zero-order valence-corrected chi connectivity index (χ0v) is 13.5. The molecule has 2 atom stereocenters. The van der Waals surface area contributed by atoms with Crippen LogP contribution in [0.25, 0.3) is 0 Å². The number of nitrogens with one attached hydrogen (secondary N) is 1. The standard InChI is InChI=1S/C17H21FN2O4/c1-11-5-6-13(17(23)24)10-20(11)16(22)9-19-15(21)8-12-3-2-4-14(18)7-12/h2-4,7,11,13H,5-6,8-10H2,1H3,(H,19,21)(H,23,24). The van der Waals surface area contributed by atoms with Crippen LogP contribution in [0.3, 0.4) is 0 Å². The van der Waals surface area contributed by atoms with Crippen LogP contribution in [-0.2, 0) is 20.8 Å². The van der Waals surface area contributed by atoms with Gasteiger partial charge in [0.05, 0.1) is 18.9 Å². The molecule has 24 heavy (non-hydrogen) atoms. The molecule has 6 nitrogen and oxygen atoms in total. The number of benzene rings is 1. The summed E-state index contributed by atoms with van der Waals surface area (Å²) in [5.41, 5.74) is 0.525. The summed E-state index contributed by atoms with van der Waals surface area (Å²) in [5, 5.41) is 11.6. The molecule has 2 N–H and O–H groups in total. The van der Waals surface area contributed by atoms with E-state index in [0.29, 0.717) is 18.4 Å². The Morgan fingerprint density at radius 2 is 2.08 bits per heavy atom. The molecule has 0 aliphatic carbocycles. The van der Waals surface area contributed by atoms with Gasteiger partial charge in [0, 0.05) is 12.6 Å². The second-order valence-corrected chi connectivity index (χ2v) is 6.09. The number of amides is 2. The maximum Gasteiger partial charge on any atom is 0.308 e. The van der Waals surface area contributed by atoms with Crippen molar-refractivity contribution in [1.82, 2.24) is 10.2 Å². The second kappa shape index (κ2) is 7.90. The van der Waals surface area contributed by atoms with Gasteiger partial charge in [0.2, 0.25) is 11.8 Å². The Bertz CT molecular complexity index is 635. The third-order valence-electron chi connectivity index (χ3n) is 4.24. The summed E-state index contributed by atoms with van der Waals surface area (Å²) in [7, 11) is 0. The summed E-state index contributed by atoms with van der Waals surface area (Å²) < 4.78 is 13.1. The minimum Gasteiger partial charge on any atom is -0.481 e. The van der Waals surface area contributed by atoms with E-state index in [0.717, 1.165) is 0 Å². The van der Waals surface area contributed by atoms with Crippen LogP contribution >= 0.6 is 0 Å². The van der Waals surface area contributed by atoms with Crippen LogP contribution in [0.5, 0.6) is 0 Å². The fraction of sp³-hybridized carbons (Fsp3) is 0.471. The molecule has 1 aliphatic heterocycles. The largest absolute Gasteiger partial charge is 0.481 e. The summed E-state index contributed by atoms with van der Waals surface area (Å²) >= 11 is 0. The molecule has 1 aromatic carbocycles. The third kappa shape index (κ3) is 4.78. The van der Waals surface area contributed by atoms with Gasteiger partial charge < -0.3 is 15.3 Å². The number of carbonyl (C=O) groups is 3. The number of carboxylic acids is 1. The van der Waals surface area contributed by atoms with Crippen molar-refractivity contribution in [3.8, 4) is 0 Å². The van der Waals surface area contributed by atoms with Crippen molar-refractivity contribution < 1.29 is 23.9 Å². The highest BCUT2D eigenvalue weighted by Crippen LogP contribution is 2.22. The first-order valence-electron chi connectivity index (χ1n) is 7.90. The number of carboxylic acid groups (broad SMARTS) is 1. The minimum atomic E-state index is -0.908. The number of halogens is 1. The number of piperidine rings is 1. The molecule has 7 heteroatoms. The average molecular weight is 336 g/mol. The van der Waals surface area contributed by atoms with E-state index in [1.165, 1.54) is 23.1 Å². The van der Waals surface area contributed by atoms with Crippen LogP contribution < -0.4 is 5.32 Å².